The summed E-state index contributed by atoms with van der Waals surface area (Å²) in [7, 11) is -3.56. The van der Waals surface area contributed by atoms with Crippen molar-refractivity contribution in [2.24, 2.45) is 0 Å². The topological polar surface area (TPSA) is 218 Å². The number of carbonyl (C=O) groups excluding carboxylic acids is 7. The zero-order valence-electron chi connectivity index (χ0n) is 51.9. The van der Waals surface area contributed by atoms with Crippen molar-refractivity contribution in [1.82, 2.24) is 10.2 Å². The molecule has 3 amide bonds. The van der Waals surface area contributed by atoms with Crippen LogP contribution in [0.2, 0.25) is 5.04 Å². The number of alkyl halides is 3. The van der Waals surface area contributed by atoms with E-state index in [0.717, 1.165) is 27.0 Å². The standard InChI is InChI=1S/C73H65Cl3N2O16SSi/c1-72(2,3)96(51-37-21-9-22-38-51,52-39-23-10-24-40-52)88-44-56-59(91-65(81)46-27-11-4-12-28-46)61(93-67(83)48-31-15-6-16-32-48)57(77-71(85)87-45-73(74,75)76)69(89-56)86-43-55-60(92-66(82)47-29-13-5-14-30-47)62(94-68(84)49-33-17-7-18-34-49)58(70(90-55)95-50-35-19-8-20-36-50)78-63(79)53-41-25-26-42-54(53)64(78)80/h4-42,55-62,69-70H,43-45H2,1-3H3,(H,77,85)/t55-,56-,57-,58-,59-,60-,61-,62-,69-,70+/m1/s1. The lowest BCUT2D eigenvalue weighted by atomic mass is 9.95. The van der Waals surface area contributed by atoms with E-state index in [-0.39, 0.29) is 33.4 Å². The van der Waals surface area contributed by atoms with Crippen molar-refractivity contribution in [2.75, 3.05) is 19.8 Å². The van der Waals surface area contributed by atoms with Crippen LogP contribution in [0.1, 0.15) is 82.9 Å². The highest BCUT2D eigenvalue weighted by molar-refractivity contribution is 7.99. The van der Waals surface area contributed by atoms with E-state index >= 15 is 0 Å². The number of nitrogens with zero attached hydrogens (tertiary/aromatic N) is 1. The Labute approximate surface area is 574 Å². The molecule has 18 nitrogen and oxygen atoms in total. The molecule has 0 aliphatic carbocycles. The minimum Gasteiger partial charge on any atom is -0.452 e. The molecule has 2 fully saturated rings. The second kappa shape index (κ2) is 30.6. The smallest absolute Gasteiger partial charge is 0.407 e. The molecule has 11 rings (SSSR count). The van der Waals surface area contributed by atoms with Gasteiger partial charge in [-0.25, -0.2) is 24.0 Å². The molecular formula is C73H65Cl3N2O16SSi. The molecular weight excluding hydrogens is 1330 g/mol. The van der Waals surface area contributed by atoms with Crippen molar-refractivity contribution < 1.29 is 75.9 Å². The number of rotatable bonds is 21. The van der Waals surface area contributed by atoms with Crippen LogP contribution < -0.4 is 15.7 Å². The summed E-state index contributed by atoms with van der Waals surface area (Å²) in [5.74, 6) is -5.19. The first-order valence-electron chi connectivity index (χ1n) is 30.7. The maximum Gasteiger partial charge on any atom is 0.407 e. The Hall–Kier alpha value is -8.67. The average Bonchev–Trinajstić information content (AvgIpc) is 1.30. The number of carbonyl (C=O) groups is 7. The molecule has 0 spiro atoms. The van der Waals surface area contributed by atoms with Crippen molar-refractivity contribution in [1.29, 1.82) is 0 Å². The van der Waals surface area contributed by atoms with Gasteiger partial charge in [-0.15, -0.1) is 0 Å². The van der Waals surface area contributed by atoms with E-state index in [0.29, 0.717) is 4.90 Å². The normalized spacial score (nSPS) is 21.8. The molecule has 10 atom stereocenters. The molecule has 494 valence electrons. The second-order valence-corrected chi connectivity index (χ2v) is 31.6. The molecule has 0 unspecified atom stereocenters. The number of ether oxygens (including phenoxy) is 8. The van der Waals surface area contributed by atoms with Crippen LogP contribution in [0.4, 0.5) is 4.79 Å². The van der Waals surface area contributed by atoms with Crippen molar-refractivity contribution in [3.8, 4) is 0 Å². The number of fused-ring (bicyclic) bond motifs is 1. The van der Waals surface area contributed by atoms with Gasteiger partial charge in [-0.2, -0.15) is 0 Å². The maximum atomic E-state index is 14.9. The van der Waals surface area contributed by atoms with Gasteiger partial charge in [-0.3, -0.25) is 14.5 Å². The van der Waals surface area contributed by atoms with E-state index in [9.17, 15) is 33.6 Å². The van der Waals surface area contributed by atoms with Gasteiger partial charge in [0.1, 0.15) is 36.3 Å². The van der Waals surface area contributed by atoms with Crippen LogP contribution in [0.5, 0.6) is 0 Å². The summed E-state index contributed by atoms with van der Waals surface area (Å²) in [6.45, 7) is 4.26. The molecule has 8 aromatic rings. The van der Waals surface area contributed by atoms with Crippen molar-refractivity contribution in [2.45, 2.75) is 94.9 Å². The lowest BCUT2D eigenvalue weighted by Crippen LogP contribution is -2.70. The quantitative estimate of drug-likeness (QED) is 0.0232. The molecule has 3 aliphatic rings. The Morgan fingerprint density at radius 3 is 1.29 bits per heavy atom. The van der Waals surface area contributed by atoms with Gasteiger partial charge in [0.2, 0.25) is 3.79 Å². The van der Waals surface area contributed by atoms with E-state index in [1.807, 2.05) is 60.7 Å². The maximum absolute atomic E-state index is 14.9. The number of nitrogens with one attached hydrogen (secondary N) is 1. The fraction of sp³-hybridized carbons (Fsp3) is 0.247. The number of thioether (sulfide) groups is 1. The number of imide groups is 1. The minimum absolute atomic E-state index is 0.0524. The van der Waals surface area contributed by atoms with Gasteiger partial charge in [0, 0.05) is 4.90 Å². The predicted molar refractivity (Wildman–Crippen MR) is 361 cm³/mol. The molecule has 3 heterocycles. The second-order valence-electron chi connectivity index (χ2n) is 23.6. The van der Waals surface area contributed by atoms with Gasteiger partial charge in [-0.05, 0) is 88.2 Å². The fourth-order valence-corrected chi connectivity index (χ4v) is 17.9. The number of esters is 4. The number of hydrogen-bond donors (Lipinski definition) is 1. The van der Waals surface area contributed by atoms with E-state index < -0.39 is 139 Å². The fourth-order valence-electron chi connectivity index (χ4n) is 11.9. The van der Waals surface area contributed by atoms with Gasteiger partial charge >= 0.3 is 30.0 Å². The molecule has 0 bridgehead atoms. The highest BCUT2D eigenvalue weighted by Gasteiger charge is 2.59. The molecule has 1 N–H and O–H groups in total. The Morgan fingerprint density at radius 2 is 0.865 bits per heavy atom. The number of benzene rings is 8. The van der Waals surface area contributed by atoms with Gasteiger partial charge in [-0.1, -0.05) is 231 Å². The third-order valence-corrected chi connectivity index (χ3v) is 22.8. The SMILES string of the molecule is CC(C)(C)[Si](OC[C@H]1O[C@@H](OC[C@H]2O[C@@H](Sc3ccccc3)[C@H](N3C(=O)c4ccccc4C3=O)[C@@H](OC(=O)c3ccccc3)[C@@H]2OC(=O)c2ccccc2)[C@H](NC(=O)OCC(Cl)(Cl)Cl)[C@@H](OC(=O)c2ccccc2)[C@@H]1OC(=O)c1ccccc1)(c1ccccc1)c1ccccc1. The summed E-state index contributed by atoms with van der Waals surface area (Å²) in [6, 6.07) is 62.9. The summed E-state index contributed by atoms with van der Waals surface area (Å²) in [6.07, 6.45) is -13.2. The summed E-state index contributed by atoms with van der Waals surface area (Å²) < 4.78 is 58.3. The third kappa shape index (κ3) is 15.7. The summed E-state index contributed by atoms with van der Waals surface area (Å²) in [5, 5.41) is 3.79. The monoisotopic (exact) mass is 1390 g/mol. The first kappa shape index (κ1) is 68.7. The first-order valence-corrected chi connectivity index (χ1v) is 34.6. The summed E-state index contributed by atoms with van der Waals surface area (Å²) >= 11 is 19.5. The molecule has 2 saturated heterocycles. The molecule has 96 heavy (non-hydrogen) atoms. The minimum atomic E-state index is -3.56. The van der Waals surface area contributed by atoms with Gasteiger partial charge < -0.3 is 47.6 Å². The Bertz CT molecular complexity index is 3940. The molecule has 0 aromatic heterocycles. The highest BCUT2D eigenvalue weighted by atomic mass is 35.6. The highest BCUT2D eigenvalue weighted by Crippen LogP contribution is 2.43. The van der Waals surface area contributed by atoms with Gasteiger partial charge in [0.25, 0.3) is 20.1 Å². The number of amides is 3. The zero-order valence-corrected chi connectivity index (χ0v) is 56.0. The number of halogens is 3. The third-order valence-electron chi connectivity index (χ3n) is 16.3. The van der Waals surface area contributed by atoms with Crippen LogP contribution in [0.3, 0.4) is 0 Å². The van der Waals surface area contributed by atoms with Crippen LogP contribution in [-0.4, -0.2) is 139 Å². The molecule has 3 aliphatic heterocycles. The molecule has 23 heteroatoms. The van der Waals surface area contributed by atoms with Crippen LogP contribution in [0.15, 0.2) is 241 Å². The van der Waals surface area contributed by atoms with Crippen molar-refractivity contribution in [3.05, 3.63) is 270 Å². The predicted octanol–water partition coefficient (Wildman–Crippen LogP) is 11.9. The van der Waals surface area contributed by atoms with Gasteiger partial charge in [0.15, 0.2) is 30.7 Å². The Morgan fingerprint density at radius 1 is 0.490 bits per heavy atom. The number of hydrogen-bond acceptors (Lipinski definition) is 17. The average molecular weight is 1390 g/mol. The van der Waals surface area contributed by atoms with E-state index in [2.05, 4.69) is 26.1 Å². The van der Waals surface area contributed by atoms with E-state index in [1.165, 1.54) is 60.7 Å². The van der Waals surface area contributed by atoms with Crippen LogP contribution in [0, 0.1) is 0 Å². The van der Waals surface area contributed by atoms with Gasteiger partial charge in [0.05, 0.1) is 46.6 Å². The van der Waals surface area contributed by atoms with E-state index in [4.69, 9.17) is 77.1 Å². The number of alkyl carbamates (subject to hydrolysis) is 1. The van der Waals surface area contributed by atoms with E-state index in [1.54, 1.807) is 115 Å². The largest absolute Gasteiger partial charge is 0.452 e. The van der Waals surface area contributed by atoms with Crippen LogP contribution >= 0.6 is 46.6 Å². The van der Waals surface area contributed by atoms with Crippen molar-refractivity contribution >= 4 is 107 Å². The zero-order chi connectivity index (χ0) is 67.6. The first-order chi connectivity index (χ1) is 46.3. The molecule has 0 radical (unpaired) electrons. The van der Waals surface area contributed by atoms with Crippen LogP contribution in [0.25, 0.3) is 0 Å². The summed E-state index contributed by atoms with van der Waals surface area (Å²) in [5.41, 5.74) is -0.975. The lowest BCUT2D eigenvalue weighted by molar-refractivity contribution is -0.281. The Kier molecular flexibility index (Phi) is 21.9. The van der Waals surface area contributed by atoms with Crippen LogP contribution in [-0.2, 0) is 42.3 Å². The molecule has 0 saturated carbocycles. The summed E-state index contributed by atoms with van der Waals surface area (Å²) in [4.78, 5) is 105. The lowest BCUT2D eigenvalue weighted by Gasteiger charge is -2.49. The Balaban J connectivity index is 1.07. The molecule has 8 aromatic carbocycles. The van der Waals surface area contributed by atoms with Crippen molar-refractivity contribution in [3.63, 3.8) is 0 Å².